The van der Waals surface area contributed by atoms with Crippen molar-refractivity contribution in [2.45, 2.75) is 52.6 Å². The van der Waals surface area contributed by atoms with Crippen LogP contribution in [0.2, 0.25) is 0 Å². The third-order valence-electron chi connectivity index (χ3n) is 6.52. The number of allylic oxidation sites excluding steroid dienone is 2. The van der Waals surface area contributed by atoms with Crippen LogP contribution >= 0.6 is 0 Å². The van der Waals surface area contributed by atoms with E-state index < -0.39 is 23.9 Å². The number of carbonyl (C=O) groups excluding carboxylic acids is 2. The Kier molecular flexibility index (Phi) is 7.34. The maximum Gasteiger partial charge on any atom is 0.233 e. The van der Waals surface area contributed by atoms with E-state index in [1.165, 1.54) is 4.90 Å². The number of hydrogen-bond donors (Lipinski definition) is 3. The third-order valence-corrected chi connectivity index (χ3v) is 6.52. The molecule has 1 aliphatic heterocycles. The minimum Gasteiger partial charge on any atom is -0.508 e. The molecule has 1 aromatic carbocycles. The number of aliphatic hydroxyl groups is 2. The van der Waals surface area contributed by atoms with Gasteiger partial charge in [0.1, 0.15) is 5.75 Å². The highest BCUT2D eigenvalue weighted by molar-refractivity contribution is 6.05. The molecule has 0 bridgehead atoms. The molecule has 6 nitrogen and oxygen atoms in total. The van der Waals surface area contributed by atoms with E-state index in [0.717, 1.165) is 16.7 Å². The van der Waals surface area contributed by atoms with Crippen LogP contribution in [0.4, 0.5) is 0 Å². The van der Waals surface area contributed by atoms with Gasteiger partial charge in [0.15, 0.2) is 0 Å². The molecule has 0 unspecified atom stereocenters. The topological polar surface area (TPSA) is 98.1 Å². The molecule has 1 fully saturated rings. The van der Waals surface area contributed by atoms with Crippen LogP contribution in [0.5, 0.6) is 5.75 Å². The summed E-state index contributed by atoms with van der Waals surface area (Å²) in [6.45, 7) is 5.94. The Morgan fingerprint density at radius 1 is 1.29 bits per heavy atom. The van der Waals surface area contributed by atoms with E-state index in [1.54, 1.807) is 18.2 Å². The summed E-state index contributed by atoms with van der Waals surface area (Å²) in [4.78, 5) is 27.0. The van der Waals surface area contributed by atoms with Gasteiger partial charge in [0.05, 0.1) is 24.5 Å². The molecular weight excluding hydrogens is 394 g/mol. The molecular formula is C25H33NO5. The lowest BCUT2D eigenvalue weighted by Gasteiger charge is -2.35. The average Bonchev–Trinajstić information content (AvgIpc) is 2.96. The van der Waals surface area contributed by atoms with Crippen molar-refractivity contribution >= 4 is 17.9 Å². The number of aliphatic hydroxyl groups excluding tert-OH is 2. The lowest BCUT2D eigenvalue weighted by molar-refractivity contribution is -0.140. The van der Waals surface area contributed by atoms with Gasteiger partial charge in [0.2, 0.25) is 11.8 Å². The summed E-state index contributed by atoms with van der Waals surface area (Å²) in [6, 6.07) is 6.98. The van der Waals surface area contributed by atoms with Gasteiger partial charge in [0, 0.05) is 12.5 Å². The molecule has 0 radical (unpaired) electrons. The minimum absolute atomic E-state index is 0.145. The Hall–Kier alpha value is -2.44. The highest BCUT2D eigenvalue weighted by atomic mass is 16.3. The summed E-state index contributed by atoms with van der Waals surface area (Å²) in [7, 11) is 0. The van der Waals surface area contributed by atoms with Crippen molar-refractivity contribution in [1.29, 1.82) is 0 Å². The van der Waals surface area contributed by atoms with Crippen molar-refractivity contribution in [1.82, 2.24) is 4.90 Å². The number of carbonyl (C=O) groups is 2. The summed E-state index contributed by atoms with van der Waals surface area (Å²) in [5.41, 5.74) is 3.57. The summed E-state index contributed by atoms with van der Waals surface area (Å²) in [5, 5.41) is 30.7. The Morgan fingerprint density at radius 3 is 2.68 bits per heavy atom. The van der Waals surface area contributed by atoms with E-state index in [4.69, 9.17) is 0 Å². The first-order valence-corrected chi connectivity index (χ1v) is 11.1. The van der Waals surface area contributed by atoms with Crippen molar-refractivity contribution in [3.63, 3.8) is 0 Å². The normalized spacial score (nSPS) is 25.3. The highest BCUT2D eigenvalue weighted by Crippen LogP contribution is 2.46. The number of phenolic OH excluding ortho intramolecular Hbond substituents is 1. The molecule has 4 atom stereocenters. The van der Waals surface area contributed by atoms with Crippen molar-refractivity contribution in [3.05, 3.63) is 46.5 Å². The molecule has 0 aromatic heterocycles. The number of nitrogens with zero attached hydrogens (tertiary/aromatic N) is 1. The zero-order valence-electron chi connectivity index (χ0n) is 18.5. The van der Waals surface area contributed by atoms with Crippen LogP contribution in [-0.4, -0.2) is 51.3 Å². The van der Waals surface area contributed by atoms with Gasteiger partial charge in [-0.2, -0.15) is 0 Å². The quantitative estimate of drug-likeness (QED) is 0.437. The van der Waals surface area contributed by atoms with Gasteiger partial charge >= 0.3 is 0 Å². The van der Waals surface area contributed by atoms with E-state index in [-0.39, 0.29) is 24.2 Å². The Labute approximate surface area is 183 Å². The van der Waals surface area contributed by atoms with E-state index >= 15 is 0 Å². The van der Waals surface area contributed by atoms with E-state index in [0.29, 0.717) is 37.8 Å². The van der Waals surface area contributed by atoms with Gasteiger partial charge < -0.3 is 15.3 Å². The Balaban J connectivity index is 1.75. The van der Waals surface area contributed by atoms with Crippen LogP contribution in [0.3, 0.4) is 0 Å². The third kappa shape index (κ3) is 4.75. The SMILES string of the molecule is CCCN1C(=O)[C@@H]2[C@@H](CC(C)=C([C@H](O)CC/C(C)=C/c3cccc(O)c3)[C@@H]2CO)C1=O. The first kappa shape index (κ1) is 23.2. The van der Waals surface area contributed by atoms with Crippen molar-refractivity contribution in [3.8, 4) is 5.75 Å². The molecule has 3 rings (SSSR count). The van der Waals surface area contributed by atoms with Crippen LogP contribution in [0, 0.1) is 17.8 Å². The molecule has 31 heavy (non-hydrogen) atoms. The summed E-state index contributed by atoms with van der Waals surface area (Å²) in [6.07, 6.45) is 3.44. The smallest absolute Gasteiger partial charge is 0.233 e. The maximum atomic E-state index is 12.9. The average molecular weight is 428 g/mol. The van der Waals surface area contributed by atoms with Crippen molar-refractivity contribution < 1.29 is 24.9 Å². The molecule has 168 valence electrons. The summed E-state index contributed by atoms with van der Waals surface area (Å²) in [5.74, 6) is -1.69. The lowest BCUT2D eigenvalue weighted by atomic mass is 9.68. The molecule has 1 saturated heterocycles. The van der Waals surface area contributed by atoms with Crippen LogP contribution in [0.15, 0.2) is 41.0 Å². The predicted octanol–water partition coefficient (Wildman–Crippen LogP) is 3.28. The zero-order valence-corrected chi connectivity index (χ0v) is 18.5. The second-order valence-electron chi connectivity index (χ2n) is 8.83. The number of amides is 2. The molecule has 6 heteroatoms. The second-order valence-corrected chi connectivity index (χ2v) is 8.83. The number of fused-ring (bicyclic) bond motifs is 1. The van der Waals surface area contributed by atoms with Gasteiger partial charge in [-0.3, -0.25) is 14.5 Å². The lowest BCUT2D eigenvalue weighted by Crippen LogP contribution is -2.38. The number of hydrogen-bond acceptors (Lipinski definition) is 5. The molecule has 1 aliphatic carbocycles. The fourth-order valence-electron chi connectivity index (χ4n) is 5.12. The Morgan fingerprint density at radius 2 is 2.03 bits per heavy atom. The van der Waals surface area contributed by atoms with Crippen LogP contribution in [0.1, 0.15) is 52.0 Å². The highest BCUT2D eigenvalue weighted by Gasteiger charge is 2.53. The maximum absolute atomic E-state index is 12.9. The molecule has 2 amide bonds. The molecule has 2 aliphatic rings. The fraction of sp³-hybridized carbons (Fsp3) is 0.520. The monoisotopic (exact) mass is 427 g/mol. The fourth-order valence-corrected chi connectivity index (χ4v) is 5.12. The number of aromatic hydroxyl groups is 1. The van der Waals surface area contributed by atoms with Crippen molar-refractivity contribution in [2.24, 2.45) is 17.8 Å². The molecule has 1 heterocycles. The van der Waals surface area contributed by atoms with E-state index in [2.05, 4.69) is 0 Å². The molecule has 0 spiro atoms. The summed E-state index contributed by atoms with van der Waals surface area (Å²) >= 11 is 0. The van der Waals surface area contributed by atoms with Crippen LogP contribution < -0.4 is 0 Å². The molecule has 0 saturated carbocycles. The number of benzene rings is 1. The first-order chi connectivity index (χ1) is 14.8. The number of rotatable bonds is 8. The van der Waals surface area contributed by atoms with E-state index in [1.807, 2.05) is 32.9 Å². The number of imide groups is 1. The predicted molar refractivity (Wildman–Crippen MR) is 119 cm³/mol. The van der Waals surface area contributed by atoms with Gasteiger partial charge in [-0.25, -0.2) is 0 Å². The minimum atomic E-state index is -0.784. The van der Waals surface area contributed by atoms with Crippen LogP contribution in [-0.2, 0) is 9.59 Å². The number of likely N-dealkylation sites (tertiary alicyclic amines) is 1. The van der Waals surface area contributed by atoms with Gasteiger partial charge in [-0.15, -0.1) is 0 Å². The van der Waals surface area contributed by atoms with Gasteiger partial charge in [0.25, 0.3) is 0 Å². The largest absolute Gasteiger partial charge is 0.508 e. The van der Waals surface area contributed by atoms with Crippen LogP contribution in [0.25, 0.3) is 6.08 Å². The standard InChI is InChI=1S/C25H33NO5/c1-4-10-26-24(30)19-12-16(3)22(20(14-27)23(19)25(26)31)21(29)9-8-15(2)11-17-6-5-7-18(28)13-17/h5-7,11,13,19-21,23,27-29H,4,8-10,12,14H2,1-3H3/b15-11+/t19-,20+,21-,23-/m1/s1. The Bertz CT molecular complexity index is 903. The molecule has 1 aromatic rings. The van der Waals surface area contributed by atoms with Gasteiger partial charge in [-0.05, 0) is 62.8 Å². The second kappa shape index (κ2) is 9.79. The summed E-state index contributed by atoms with van der Waals surface area (Å²) < 4.78 is 0. The zero-order chi connectivity index (χ0) is 22.7. The van der Waals surface area contributed by atoms with E-state index in [9.17, 15) is 24.9 Å². The molecule has 3 N–H and O–H groups in total. The number of phenols is 1. The van der Waals surface area contributed by atoms with Gasteiger partial charge in [-0.1, -0.05) is 36.3 Å². The first-order valence-electron chi connectivity index (χ1n) is 11.1. The van der Waals surface area contributed by atoms with Crippen molar-refractivity contribution in [2.75, 3.05) is 13.2 Å².